The number of carbonyl (C=O) groups is 1. The third kappa shape index (κ3) is 3.62. The second kappa shape index (κ2) is 6.74. The van der Waals surface area contributed by atoms with Crippen molar-refractivity contribution in [3.63, 3.8) is 0 Å². The van der Waals surface area contributed by atoms with Gasteiger partial charge in [-0.2, -0.15) is 11.3 Å². The molecule has 0 radical (unpaired) electrons. The predicted molar refractivity (Wildman–Crippen MR) is 85.8 cm³/mol. The Kier molecular flexibility index (Phi) is 4.52. The first-order valence-corrected chi connectivity index (χ1v) is 8.51. The molecule has 0 fully saturated rings. The van der Waals surface area contributed by atoms with Crippen molar-refractivity contribution in [1.82, 2.24) is 4.90 Å². The summed E-state index contributed by atoms with van der Waals surface area (Å²) in [6.45, 7) is 1.20. The molecule has 0 saturated carbocycles. The molecule has 21 heavy (non-hydrogen) atoms. The van der Waals surface area contributed by atoms with Gasteiger partial charge in [0, 0.05) is 16.8 Å². The highest BCUT2D eigenvalue weighted by molar-refractivity contribution is 7.09. The van der Waals surface area contributed by atoms with Crippen LogP contribution in [0, 0.1) is 0 Å². The zero-order valence-electron chi connectivity index (χ0n) is 11.4. The van der Waals surface area contributed by atoms with Crippen LogP contribution in [0.15, 0.2) is 57.2 Å². The highest BCUT2D eigenvalue weighted by atomic mass is 32.1. The van der Waals surface area contributed by atoms with Gasteiger partial charge < -0.3 is 9.32 Å². The molecular formula is C16H15NO2S2. The van der Waals surface area contributed by atoms with E-state index in [9.17, 15) is 4.79 Å². The van der Waals surface area contributed by atoms with Gasteiger partial charge >= 0.3 is 0 Å². The lowest BCUT2D eigenvalue weighted by Gasteiger charge is -2.21. The van der Waals surface area contributed by atoms with E-state index in [2.05, 4.69) is 11.4 Å². The molecule has 0 bridgehead atoms. The van der Waals surface area contributed by atoms with E-state index >= 15 is 0 Å². The van der Waals surface area contributed by atoms with Crippen LogP contribution in [-0.2, 0) is 13.0 Å². The van der Waals surface area contributed by atoms with Gasteiger partial charge in [-0.1, -0.05) is 6.07 Å². The van der Waals surface area contributed by atoms with Crippen molar-refractivity contribution in [2.75, 3.05) is 6.54 Å². The van der Waals surface area contributed by atoms with Gasteiger partial charge in [0.2, 0.25) is 0 Å². The molecule has 3 aromatic heterocycles. The van der Waals surface area contributed by atoms with Crippen molar-refractivity contribution in [3.05, 3.63) is 68.9 Å². The fraction of sp³-hybridized carbons (Fsp3) is 0.188. The number of rotatable bonds is 6. The molecule has 0 aliphatic rings. The van der Waals surface area contributed by atoms with E-state index in [0.29, 0.717) is 13.1 Å². The van der Waals surface area contributed by atoms with Gasteiger partial charge in [-0.05, 0) is 41.4 Å². The number of hydrogen-bond acceptors (Lipinski definition) is 4. The second-order valence-electron chi connectivity index (χ2n) is 4.65. The maximum absolute atomic E-state index is 12.6. The topological polar surface area (TPSA) is 33.5 Å². The minimum Gasteiger partial charge on any atom is -0.467 e. The molecule has 5 heteroatoms. The number of nitrogens with zero attached hydrogens (tertiary/aromatic N) is 1. The smallest absolute Gasteiger partial charge is 0.255 e. The molecule has 108 valence electrons. The molecule has 0 spiro atoms. The Morgan fingerprint density at radius 2 is 2.14 bits per heavy atom. The average molecular weight is 317 g/mol. The summed E-state index contributed by atoms with van der Waals surface area (Å²) < 4.78 is 5.38. The van der Waals surface area contributed by atoms with Gasteiger partial charge in [0.1, 0.15) is 5.76 Å². The number of hydrogen-bond donors (Lipinski definition) is 0. The standard InChI is InChI=1S/C16H15NO2S2/c18-16(13-6-10-20-12-13)17(11-14-3-1-8-19-14)7-5-15-4-2-9-21-15/h1-4,6,8-10,12H,5,7,11H2. The van der Waals surface area contributed by atoms with Gasteiger partial charge in [0.15, 0.2) is 0 Å². The number of furan rings is 1. The lowest BCUT2D eigenvalue weighted by Crippen LogP contribution is -2.32. The summed E-state index contributed by atoms with van der Waals surface area (Å²) >= 11 is 3.26. The molecular weight excluding hydrogens is 302 g/mol. The second-order valence-corrected chi connectivity index (χ2v) is 6.46. The van der Waals surface area contributed by atoms with Crippen LogP contribution < -0.4 is 0 Å². The fourth-order valence-electron chi connectivity index (χ4n) is 2.11. The highest BCUT2D eigenvalue weighted by Crippen LogP contribution is 2.16. The molecule has 3 nitrogen and oxygen atoms in total. The first-order chi connectivity index (χ1) is 10.3. The van der Waals surface area contributed by atoms with Crippen molar-refractivity contribution in [2.24, 2.45) is 0 Å². The normalized spacial score (nSPS) is 10.7. The first kappa shape index (κ1) is 14.1. The Morgan fingerprint density at radius 1 is 1.19 bits per heavy atom. The van der Waals surface area contributed by atoms with Crippen LogP contribution in [0.3, 0.4) is 0 Å². The van der Waals surface area contributed by atoms with Crippen molar-refractivity contribution >= 4 is 28.6 Å². The molecule has 0 aromatic carbocycles. The number of carbonyl (C=O) groups excluding carboxylic acids is 1. The first-order valence-electron chi connectivity index (χ1n) is 6.69. The summed E-state index contributed by atoms with van der Waals surface area (Å²) in [6.07, 6.45) is 2.51. The summed E-state index contributed by atoms with van der Waals surface area (Å²) in [6, 6.07) is 9.76. The Bertz CT molecular complexity index is 657. The molecule has 0 aliphatic carbocycles. The number of amides is 1. The Labute approximate surface area is 131 Å². The molecule has 3 rings (SSSR count). The average Bonchev–Trinajstić information content (AvgIpc) is 3.26. The summed E-state index contributed by atoms with van der Waals surface area (Å²) in [4.78, 5) is 15.7. The summed E-state index contributed by atoms with van der Waals surface area (Å²) in [7, 11) is 0. The lowest BCUT2D eigenvalue weighted by molar-refractivity contribution is 0.0734. The van der Waals surface area contributed by atoms with Crippen LogP contribution in [0.1, 0.15) is 21.0 Å². The molecule has 0 aliphatic heterocycles. The zero-order chi connectivity index (χ0) is 14.5. The maximum atomic E-state index is 12.6. The fourth-order valence-corrected chi connectivity index (χ4v) is 3.44. The lowest BCUT2D eigenvalue weighted by atomic mass is 10.2. The van der Waals surface area contributed by atoms with Crippen LogP contribution in [-0.4, -0.2) is 17.4 Å². The van der Waals surface area contributed by atoms with E-state index in [1.165, 1.54) is 4.88 Å². The van der Waals surface area contributed by atoms with E-state index in [0.717, 1.165) is 17.7 Å². The van der Waals surface area contributed by atoms with E-state index < -0.39 is 0 Å². The van der Waals surface area contributed by atoms with Crippen molar-refractivity contribution in [3.8, 4) is 0 Å². The van der Waals surface area contributed by atoms with Crippen molar-refractivity contribution in [2.45, 2.75) is 13.0 Å². The zero-order valence-corrected chi connectivity index (χ0v) is 13.0. The Morgan fingerprint density at radius 3 is 2.81 bits per heavy atom. The van der Waals surface area contributed by atoms with Gasteiger partial charge in [0.25, 0.3) is 5.91 Å². The summed E-state index contributed by atoms with van der Waals surface area (Å²) in [5.41, 5.74) is 0.748. The predicted octanol–water partition coefficient (Wildman–Crippen LogP) is 4.29. The van der Waals surface area contributed by atoms with E-state index in [-0.39, 0.29) is 5.91 Å². The van der Waals surface area contributed by atoms with Gasteiger partial charge in [-0.3, -0.25) is 4.79 Å². The Balaban J connectivity index is 1.72. The minimum atomic E-state index is 0.0595. The quantitative estimate of drug-likeness (QED) is 0.679. The molecule has 0 atom stereocenters. The van der Waals surface area contributed by atoms with Crippen LogP contribution in [0.25, 0.3) is 0 Å². The third-order valence-electron chi connectivity index (χ3n) is 3.19. The monoisotopic (exact) mass is 317 g/mol. The van der Waals surface area contributed by atoms with E-state index in [4.69, 9.17) is 4.42 Å². The van der Waals surface area contributed by atoms with Crippen molar-refractivity contribution in [1.29, 1.82) is 0 Å². The molecule has 3 aromatic rings. The van der Waals surface area contributed by atoms with Crippen LogP contribution in [0.2, 0.25) is 0 Å². The van der Waals surface area contributed by atoms with Gasteiger partial charge in [-0.15, -0.1) is 11.3 Å². The van der Waals surface area contributed by atoms with Crippen LogP contribution in [0.5, 0.6) is 0 Å². The van der Waals surface area contributed by atoms with E-state index in [1.54, 1.807) is 28.9 Å². The van der Waals surface area contributed by atoms with Crippen LogP contribution in [0.4, 0.5) is 0 Å². The minimum absolute atomic E-state index is 0.0595. The van der Waals surface area contributed by atoms with Gasteiger partial charge in [0.05, 0.1) is 18.4 Å². The van der Waals surface area contributed by atoms with Crippen molar-refractivity contribution < 1.29 is 9.21 Å². The van der Waals surface area contributed by atoms with Gasteiger partial charge in [-0.25, -0.2) is 0 Å². The highest BCUT2D eigenvalue weighted by Gasteiger charge is 2.17. The summed E-state index contributed by atoms with van der Waals surface area (Å²) in [5, 5.41) is 5.88. The largest absolute Gasteiger partial charge is 0.467 e. The SMILES string of the molecule is O=C(c1ccsc1)N(CCc1cccs1)Cc1ccco1. The summed E-state index contributed by atoms with van der Waals surface area (Å²) in [5.74, 6) is 0.869. The molecule has 0 saturated heterocycles. The molecule has 0 N–H and O–H groups in total. The van der Waals surface area contributed by atoms with Crippen LogP contribution >= 0.6 is 22.7 Å². The Hall–Kier alpha value is -1.85. The molecule has 3 heterocycles. The molecule has 0 unspecified atom stereocenters. The third-order valence-corrected chi connectivity index (χ3v) is 4.81. The molecule has 1 amide bonds. The number of thiophene rings is 2. The maximum Gasteiger partial charge on any atom is 0.255 e. The van der Waals surface area contributed by atoms with E-state index in [1.807, 2.05) is 39.9 Å².